The number of rotatable bonds is 2. The summed E-state index contributed by atoms with van der Waals surface area (Å²) in [5.41, 5.74) is 3.87. The number of nitrogens with zero attached hydrogens (tertiary/aromatic N) is 2. The fourth-order valence-corrected chi connectivity index (χ4v) is 2.35. The molecule has 0 radical (unpaired) electrons. The van der Waals surface area contributed by atoms with Crippen LogP contribution in [-0.4, -0.2) is 14.5 Å². The molecule has 2 heterocycles. The van der Waals surface area contributed by atoms with Gasteiger partial charge in [-0.25, -0.2) is 9.37 Å². The molecule has 19 heavy (non-hydrogen) atoms. The number of aryl methyl sites for hydroxylation is 1. The number of hydrogen-bond acceptors (Lipinski definition) is 2. The van der Waals surface area contributed by atoms with Crippen LogP contribution in [0.25, 0.3) is 11.2 Å². The first-order valence-electron chi connectivity index (χ1n) is 5.94. The number of pyridine rings is 1. The Morgan fingerprint density at radius 3 is 2.74 bits per heavy atom. The molecular formula is C14H12FN3S. The van der Waals surface area contributed by atoms with E-state index in [2.05, 4.69) is 9.97 Å². The molecular weight excluding hydrogens is 261 g/mol. The highest BCUT2D eigenvalue weighted by molar-refractivity contribution is 7.71. The van der Waals surface area contributed by atoms with E-state index < -0.39 is 0 Å². The molecule has 3 nitrogen and oxygen atoms in total. The van der Waals surface area contributed by atoms with Gasteiger partial charge in [-0.3, -0.25) is 4.57 Å². The predicted octanol–water partition coefficient (Wildman–Crippen LogP) is 3.59. The molecule has 0 spiro atoms. The minimum absolute atomic E-state index is 0.236. The lowest BCUT2D eigenvalue weighted by Crippen LogP contribution is -2.00. The maximum atomic E-state index is 12.9. The maximum Gasteiger partial charge on any atom is 0.179 e. The van der Waals surface area contributed by atoms with E-state index in [4.69, 9.17) is 12.2 Å². The normalized spacial score (nSPS) is 11.1. The number of aromatic nitrogens is 3. The van der Waals surface area contributed by atoms with Crippen LogP contribution in [0.4, 0.5) is 4.39 Å². The Balaban J connectivity index is 2.10. The van der Waals surface area contributed by atoms with Crippen molar-refractivity contribution in [2.45, 2.75) is 13.5 Å². The zero-order valence-electron chi connectivity index (χ0n) is 10.4. The standard InChI is InChI=1S/C14H12FN3S/c1-9-6-7-16-13-12(9)17-14(19)18(13)8-10-2-4-11(15)5-3-10/h2-7H,8H2,1H3,(H,17,19). The summed E-state index contributed by atoms with van der Waals surface area (Å²) in [5, 5.41) is 0. The van der Waals surface area contributed by atoms with Crippen LogP contribution in [0.2, 0.25) is 0 Å². The van der Waals surface area contributed by atoms with E-state index in [1.165, 1.54) is 12.1 Å². The summed E-state index contributed by atoms with van der Waals surface area (Å²) in [4.78, 5) is 7.54. The van der Waals surface area contributed by atoms with Crippen molar-refractivity contribution >= 4 is 23.4 Å². The highest BCUT2D eigenvalue weighted by Gasteiger charge is 2.08. The molecule has 0 fully saturated rings. The van der Waals surface area contributed by atoms with Gasteiger partial charge in [0.2, 0.25) is 0 Å². The van der Waals surface area contributed by atoms with Crippen LogP contribution in [-0.2, 0) is 6.54 Å². The van der Waals surface area contributed by atoms with Gasteiger partial charge in [-0.15, -0.1) is 0 Å². The van der Waals surface area contributed by atoms with Crippen LogP contribution in [0.5, 0.6) is 0 Å². The number of hydrogen-bond donors (Lipinski definition) is 1. The molecule has 0 bridgehead atoms. The molecule has 3 aromatic rings. The molecule has 0 saturated carbocycles. The van der Waals surface area contributed by atoms with Crippen LogP contribution in [0.3, 0.4) is 0 Å². The zero-order valence-corrected chi connectivity index (χ0v) is 11.2. The maximum absolute atomic E-state index is 12.9. The lowest BCUT2D eigenvalue weighted by Gasteiger charge is -2.04. The van der Waals surface area contributed by atoms with Gasteiger partial charge in [0.25, 0.3) is 0 Å². The topological polar surface area (TPSA) is 33.6 Å². The summed E-state index contributed by atoms with van der Waals surface area (Å²) in [6.07, 6.45) is 1.77. The molecule has 3 rings (SSSR count). The Hall–Kier alpha value is -2.01. The lowest BCUT2D eigenvalue weighted by molar-refractivity contribution is 0.626. The molecule has 2 aromatic heterocycles. The first kappa shape index (κ1) is 12.0. The number of aromatic amines is 1. The van der Waals surface area contributed by atoms with Crippen LogP contribution in [0.15, 0.2) is 36.5 Å². The van der Waals surface area contributed by atoms with Crippen LogP contribution >= 0.6 is 12.2 Å². The highest BCUT2D eigenvalue weighted by atomic mass is 32.1. The summed E-state index contributed by atoms with van der Waals surface area (Å²) in [5.74, 6) is -0.236. The van der Waals surface area contributed by atoms with E-state index in [1.807, 2.05) is 17.6 Å². The molecule has 0 aliphatic carbocycles. The lowest BCUT2D eigenvalue weighted by atomic mass is 10.2. The van der Waals surface area contributed by atoms with Crippen molar-refractivity contribution in [2.24, 2.45) is 0 Å². The second-order valence-electron chi connectivity index (χ2n) is 4.47. The van der Waals surface area contributed by atoms with Crippen molar-refractivity contribution in [1.82, 2.24) is 14.5 Å². The third-order valence-electron chi connectivity index (χ3n) is 3.13. The zero-order chi connectivity index (χ0) is 13.4. The molecule has 1 aromatic carbocycles. The fourth-order valence-electron chi connectivity index (χ4n) is 2.09. The van der Waals surface area contributed by atoms with Crippen LogP contribution in [0, 0.1) is 17.5 Å². The smallest absolute Gasteiger partial charge is 0.179 e. The molecule has 0 aliphatic rings. The molecule has 96 valence electrons. The molecule has 0 atom stereocenters. The van der Waals surface area contributed by atoms with Gasteiger partial charge in [0, 0.05) is 6.20 Å². The predicted molar refractivity (Wildman–Crippen MR) is 75.2 cm³/mol. The van der Waals surface area contributed by atoms with Gasteiger partial charge >= 0.3 is 0 Å². The second kappa shape index (κ2) is 4.59. The number of H-pyrrole nitrogens is 1. The van der Waals surface area contributed by atoms with Gasteiger partial charge in [0.15, 0.2) is 10.4 Å². The van der Waals surface area contributed by atoms with E-state index in [9.17, 15) is 4.39 Å². The summed E-state index contributed by atoms with van der Waals surface area (Å²) >= 11 is 5.33. The van der Waals surface area contributed by atoms with Gasteiger partial charge in [0.1, 0.15) is 5.82 Å². The Morgan fingerprint density at radius 2 is 2.00 bits per heavy atom. The highest BCUT2D eigenvalue weighted by Crippen LogP contribution is 2.17. The van der Waals surface area contributed by atoms with Crippen molar-refractivity contribution < 1.29 is 4.39 Å². The van der Waals surface area contributed by atoms with Gasteiger partial charge in [0.05, 0.1) is 12.1 Å². The Labute approximate surface area is 114 Å². The van der Waals surface area contributed by atoms with Gasteiger partial charge in [-0.2, -0.15) is 0 Å². The number of fused-ring (bicyclic) bond motifs is 1. The average molecular weight is 273 g/mol. The first-order chi connectivity index (χ1) is 9.15. The quantitative estimate of drug-likeness (QED) is 0.724. The largest absolute Gasteiger partial charge is 0.329 e. The Bertz CT molecular complexity index is 787. The van der Waals surface area contributed by atoms with E-state index in [0.29, 0.717) is 11.3 Å². The Kier molecular flexibility index (Phi) is 2.91. The SMILES string of the molecule is Cc1ccnc2c1[nH]c(=S)n2Cc1ccc(F)cc1. The average Bonchev–Trinajstić information content (AvgIpc) is 2.71. The van der Waals surface area contributed by atoms with Gasteiger partial charge in [-0.1, -0.05) is 12.1 Å². The molecule has 0 amide bonds. The third kappa shape index (κ3) is 2.17. The van der Waals surface area contributed by atoms with Crippen LogP contribution < -0.4 is 0 Å². The number of imidazole rings is 1. The molecule has 0 saturated heterocycles. The first-order valence-corrected chi connectivity index (χ1v) is 6.34. The van der Waals surface area contributed by atoms with E-state index in [0.717, 1.165) is 22.3 Å². The summed E-state index contributed by atoms with van der Waals surface area (Å²) in [6, 6.07) is 8.35. The van der Waals surface area contributed by atoms with E-state index >= 15 is 0 Å². The summed E-state index contributed by atoms with van der Waals surface area (Å²) < 4.78 is 15.5. The summed E-state index contributed by atoms with van der Waals surface area (Å²) in [6.45, 7) is 2.59. The van der Waals surface area contributed by atoms with Crippen molar-refractivity contribution in [1.29, 1.82) is 0 Å². The fraction of sp³-hybridized carbons (Fsp3) is 0.143. The van der Waals surface area contributed by atoms with Crippen LogP contribution in [0.1, 0.15) is 11.1 Å². The van der Waals surface area contributed by atoms with Crippen molar-refractivity contribution in [3.63, 3.8) is 0 Å². The number of benzene rings is 1. The summed E-state index contributed by atoms with van der Waals surface area (Å²) in [7, 11) is 0. The van der Waals surface area contributed by atoms with Crippen molar-refractivity contribution in [3.05, 3.63) is 58.2 Å². The molecule has 5 heteroatoms. The molecule has 0 aliphatic heterocycles. The van der Waals surface area contributed by atoms with Gasteiger partial charge < -0.3 is 4.98 Å². The van der Waals surface area contributed by atoms with E-state index in [-0.39, 0.29) is 5.82 Å². The van der Waals surface area contributed by atoms with Crippen molar-refractivity contribution in [2.75, 3.05) is 0 Å². The monoisotopic (exact) mass is 273 g/mol. The molecule has 0 unspecified atom stereocenters. The van der Waals surface area contributed by atoms with E-state index in [1.54, 1.807) is 18.3 Å². The molecule has 1 N–H and O–H groups in total. The Morgan fingerprint density at radius 1 is 1.26 bits per heavy atom. The van der Waals surface area contributed by atoms with Gasteiger partial charge in [-0.05, 0) is 48.5 Å². The third-order valence-corrected chi connectivity index (χ3v) is 3.45. The number of nitrogens with one attached hydrogen (secondary N) is 1. The number of halogens is 1. The minimum Gasteiger partial charge on any atom is -0.329 e. The van der Waals surface area contributed by atoms with Crippen molar-refractivity contribution in [3.8, 4) is 0 Å². The second-order valence-corrected chi connectivity index (χ2v) is 4.86. The minimum atomic E-state index is -0.236.